The predicted octanol–water partition coefficient (Wildman–Crippen LogP) is 0.716. The highest BCUT2D eigenvalue weighted by Crippen LogP contribution is 2.31. The molecule has 0 saturated carbocycles. The molecule has 0 saturated heterocycles. The number of nitro groups is 2. The van der Waals surface area contributed by atoms with Gasteiger partial charge >= 0.3 is 0 Å². The van der Waals surface area contributed by atoms with Crippen LogP contribution in [0.5, 0.6) is 0 Å². The minimum atomic E-state index is -5.06. The molecule has 0 atom stereocenters. The first-order chi connectivity index (χ1) is 7.64. The van der Waals surface area contributed by atoms with Crippen molar-refractivity contribution in [1.29, 1.82) is 0 Å². The van der Waals surface area contributed by atoms with E-state index >= 15 is 0 Å². The van der Waals surface area contributed by atoms with E-state index in [2.05, 4.69) is 0 Å². The van der Waals surface area contributed by atoms with Crippen molar-refractivity contribution in [2.45, 2.75) is 11.8 Å². The van der Waals surface area contributed by atoms with Crippen molar-refractivity contribution in [3.63, 3.8) is 0 Å². The Morgan fingerprint density at radius 1 is 1.06 bits per heavy atom. The number of aryl methyl sites for hydroxylation is 1. The fourth-order valence-electron chi connectivity index (χ4n) is 1.20. The summed E-state index contributed by atoms with van der Waals surface area (Å²) in [6.45, 7) is 1.18. The maximum absolute atomic E-state index is 10.8. The van der Waals surface area contributed by atoms with E-state index in [1.807, 2.05) is 0 Å². The zero-order chi connectivity index (χ0) is 13.4. The molecule has 0 heterocycles. The predicted molar refractivity (Wildman–Crippen MR) is 52.5 cm³/mol. The molecule has 17 heavy (non-hydrogen) atoms. The minimum absolute atomic E-state index is 0.143. The van der Waals surface area contributed by atoms with E-state index in [4.69, 9.17) is 0 Å². The van der Waals surface area contributed by atoms with Crippen molar-refractivity contribution in [3.8, 4) is 0 Å². The lowest BCUT2D eigenvalue weighted by Gasteiger charge is -2.08. The maximum atomic E-state index is 10.8. The van der Waals surface area contributed by atoms with Gasteiger partial charge in [-0.3, -0.25) is 20.2 Å². The van der Waals surface area contributed by atoms with E-state index in [0.29, 0.717) is 12.1 Å². The SMILES string of the molecule is Cc1cc(S(=O)(=O)[O-])c([N+](=O)[O-])cc1[N+](=O)[O-]. The van der Waals surface area contributed by atoms with Gasteiger partial charge in [-0.05, 0) is 13.0 Å². The van der Waals surface area contributed by atoms with Gasteiger partial charge in [-0.25, -0.2) is 8.42 Å². The zero-order valence-electron chi connectivity index (χ0n) is 8.32. The molecule has 0 fully saturated rings. The molecule has 0 N–H and O–H groups in total. The molecule has 0 aromatic heterocycles. The summed E-state index contributed by atoms with van der Waals surface area (Å²) in [6, 6.07) is 1.08. The molecule has 92 valence electrons. The summed E-state index contributed by atoms with van der Waals surface area (Å²) in [6.07, 6.45) is 0. The third-order valence-corrected chi connectivity index (χ3v) is 2.81. The van der Waals surface area contributed by atoms with Crippen molar-refractivity contribution in [3.05, 3.63) is 37.9 Å². The number of nitrogens with zero attached hydrogens (tertiary/aromatic N) is 2. The third-order valence-electron chi connectivity index (χ3n) is 1.94. The highest BCUT2D eigenvalue weighted by molar-refractivity contribution is 7.85. The number of rotatable bonds is 3. The molecule has 1 aromatic carbocycles. The van der Waals surface area contributed by atoms with Crippen molar-refractivity contribution in [2.75, 3.05) is 0 Å². The van der Waals surface area contributed by atoms with Gasteiger partial charge in [0.05, 0.1) is 15.9 Å². The summed E-state index contributed by atoms with van der Waals surface area (Å²) >= 11 is 0. The molecule has 0 spiro atoms. The van der Waals surface area contributed by atoms with Crippen molar-refractivity contribution >= 4 is 21.5 Å². The molecule has 0 unspecified atom stereocenters. The van der Waals surface area contributed by atoms with Crippen LogP contribution >= 0.6 is 0 Å². The molecular formula is C7H5N2O7S-. The molecule has 0 radical (unpaired) electrons. The molecule has 10 heteroatoms. The Balaban J connectivity index is 3.70. The van der Waals surface area contributed by atoms with Crippen LogP contribution in [0.2, 0.25) is 0 Å². The lowest BCUT2D eigenvalue weighted by atomic mass is 10.2. The Bertz CT molecular complexity index is 607. The Morgan fingerprint density at radius 2 is 1.53 bits per heavy atom. The Hall–Kier alpha value is -2.07. The number of nitro benzene ring substituents is 2. The second kappa shape index (κ2) is 4.07. The highest BCUT2D eigenvalue weighted by atomic mass is 32.2. The summed E-state index contributed by atoms with van der Waals surface area (Å²) in [5.74, 6) is 0. The van der Waals surface area contributed by atoms with E-state index in [9.17, 15) is 33.2 Å². The third kappa shape index (κ3) is 2.54. The summed E-state index contributed by atoms with van der Waals surface area (Å²) < 4.78 is 32.3. The highest BCUT2D eigenvalue weighted by Gasteiger charge is 2.25. The van der Waals surface area contributed by atoms with Gasteiger partial charge in [0.2, 0.25) is 0 Å². The molecule has 0 bridgehead atoms. The average Bonchev–Trinajstić information content (AvgIpc) is 2.14. The van der Waals surface area contributed by atoms with Crippen LogP contribution in [0.4, 0.5) is 11.4 Å². The first kappa shape index (κ1) is 13.0. The first-order valence-electron chi connectivity index (χ1n) is 4.04. The summed E-state index contributed by atoms with van der Waals surface area (Å²) in [7, 11) is -5.06. The lowest BCUT2D eigenvalue weighted by Crippen LogP contribution is -2.05. The minimum Gasteiger partial charge on any atom is -0.744 e. The van der Waals surface area contributed by atoms with E-state index in [1.54, 1.807) is 0 Å². The monoisotopic (exact) mass is 261 g/mol. The van der Waals surface area contributed by atoms with Crippen LogP contribution in [0.1, 0.15) is 5.56 Å². The van der Waals surface area contributed by atoms with E-state index in [1.165, 1.54) is 6.92 Å². The molecule has 1 aromatic rings. The molecule has 9 nitrogen and oxygen atoms in total. The van der Waals surface area contributed by atoms with Crippen LogP contribution in [0, 0.1) is 27.2 Å². The van der Waals surface area contributed by atoms with Crippen LogP contribution in [0.25, 0.3) is 0 Å². The van der Waals surface area contributed by atoms with E-state index < -0.39 is 36.2 Å². The molecule has 0 aliphatic rings. The fraction of sp³-hybridized carbons (Fsp3) is 0.143. The largest absolute Gasteiger partial charge is 0.744 e. The Morgan fingerprint density at radius 3 is 1.88 bits per heavy atom. The quantitative estimate of drug-likeness (QED) is 0.442. The second-order valence-electron chi connectivity index (χ2n) is 3.07. The second-order valence-corrected chi connectivity index (χ2v) is 4.42. The van der Waals surface area contributed by atoms with Crippen LogP contribution in [0.15, 0.2) is 17.0 Å². The smallest absolute Gasteiger partial charge is 0.293 e. The van der Waals surface area contributed by atoms with E-state index in [-0.39, 0.29) is 5.56 Å². The number of hydrogen-bond acceptors (Lipinski definition) is 7. The summed E-state index contributed by atoms with van der Waals surface area (Å²) in [4.78, 5) is 17.9. The molecular weight excluding hydrogens is 256 g/mol. The van der Waals surface area contributed by atoms with Crippen LogP contribution in [0.3, 0.4) is 0 Å². The molecule has 0 aliphatic heterocycles. The lowest BCUT2D eigenvalue weighted by molar-refractivity contribution is -0.396. The van der Waals surface area contributed by atoms with Crippen LogP contribution < -0.4 is 0 Å². The number of benzene rings is 1. The summed E-state index contributed by atoms with van der Waals surface area (Å²) in [5.41, 5.74) is -1.86. The van der Waals surface area contributed by atoms with Gasteiger partial charge in [-0.1, -0.05) is 0 Å². The summed E-state index contributed by atoms with van der Waals surface area (Å²) in [5, 5.41) is 21.0. The standard InChI is InChI=1S/C7H6N2O7S/c1-4-2-7(17(14,15)16)6(9(12)13)3-5(4)8(10)11/h2-3H,1H3,(H,14,15,16)/p-1. The fourth-order valence-corrected chi connectivity index (χ4v) is 1.91. The van der Waals surface area contributed by atoms with E-state index in [0.717, 1.165) is 0 Å². The molecule has 1 rings (SSSR count). The van der Waals surface area contributed by atoms with Gasteiger partial charge in [0.15, 0.2) is 0 Å². The zero-order valence-corrected chi connectivity index (χ0v) is 9.13. The Kier molecular flexibility index (Phi) is 3.11. The molecule has 0 aliphatic carbocycles. The van der Waals surface area contributed by atoms with Crippen molar-refractivity contribution in [1.82, 2.24) is 0 Å². The maximum Gasteiger partial charge on any atom is 0.293 e. The Labute approximate surface area is 94.7 Å². The normalized spacial score (nSPS) is 11.2. The first-order valence-corrected chi connectivity index (χ1v) is 5.44. The van der Waals surface area contributed by atoms with Crippen LogP contribution in [-0.2, 0) is 10.1 Å². The number of hydrogen-bond donors (Lipinski definition) is 0. The topological polar surface area (TPSA) is 143 Å². The van der Waals surface area contributed by atoms with Gasteiger partial charge < -0.3 is 4.55 Å². The van der Waals surface area contributed by atoms with Crippen LogP contribution in [-0.4, -0.2) is 22.8 Å². The van der Waals surface area contributed by atoms with Gasteiger partial charge in [-0.15, -0.1) is 0 Å². The van der Waals surface area contributed by atoms with Gasteiger partial charge in [0.25, 0.3) is 11.4 Å². The van der Waals surface area contributed by atoms with Gasteiger partial charge in [-0.2, -0.15) is 0 Å². The van der Waals surface area contributed by atoms with Crippen molar-refractivity contribution in [2.24, 2.45) is 0 Å². The average molecular weight is 261 g/mol. The van der Waals surface area contributed by atoms with Gasteiger partial charge in [0.1, 0.15) is 15.0 Å². The van der Waals surface area contributed by atoms with Gasteiger partial charge in [0, 0.05) is 5.56 Å². The molecule has 0 amide bonds. The van der Waals surface area contributed by atoms with Crippen molar-refractivity contribution < 1.29 is 22.8 Å².